The van der Waals surface area contributed by atoms with Gasteiger partial charge in [0, 0.05) is 37.4 Å². The molecule has 0 unspecified atom stereocenters. The number of aromatic nitrogens is 4. The van der Waals surface area contributed by atoms with Gasteiger partial charge in [-0.3, -0.25) is 4.79 Å². The average Bonchev–Trinajstić information content (AvgIpc) is 2.92. The summed E-state index contributed by atoms with van der Waals surface area (Å²) in [5.74, 6) is 0.190. The number of carbonyl (C=O) groups excluding carboxylic acids is 1. The molecule has 0 radical (unpaired) electrons. The second kappa shape index (κ2) is 10.3. The fourth-order valence-corrected chi connectivity index (χ4v) is 5.12. The minimum Gasteiger partial charge on any atom is -0.350 e. The van der Waals surface area contributed by atoms with E-state index in [0.29, 0.717) is 43.1 Å². The van der Waals surface area contributed by atoms with E-state index in [0.717, 1.165) is 5.56 Å². The van der Waals surface area contributed by atoms with E-state index in [4.69, 9.17) is 16.6 Å². The van der Waals surface area contributed by atoms with Crippen LogP contribution in [0.1, 0.15) is 19.4 Å². The van der Waals surface area contributed by atoms with Crippen LogP contribution in [0.5, 0.6) is 0 Å². The van der Waals surface area contributed by atoms with Crippen LogP contribution in [0.15, 0.2) is 66.1 Å². The lowest BCUT2D eigenvalue weighted by Gasteiger charge is -2.40. The van der Waals surface area contributed by atoms with Gasteiger partial charge < -0.3 is 9.80 Å². The Hall–Kier alpha value is -4.11. The van der Waals surface area contributed by atoms with Crippen molar-refractivity contribution >= 4 is 34.4 Å². The van der Waals surface area contributed by atoms with Gasteiger partial charge >= 0.3 is 5.69 Å². The highest BCUT2D eigenvalue weighted by Gasteiger charge is 2.30. The smallest absolute Gasteiger partial charge is 0.350 e. The molecule has 8 nitrogen and oxygen atoms in total. The molecular weight excluding hydrogens is 507 g/mol. The third-order valence-electron chi connectivity index (χ3n) is 6.78. The van der Waals surface area contributed by atoms with E-state index in [1.807, 2.05) is 24.8 Å². The minimum atomic E-state index is -0.563. The van der Waals surface area contributed by atoms with Crippen LogP contribution in [-0.4, -0.2) is 56.0 Å². The number of amides is 1. The lowest BCUT2D eigenvalue weighted by atomic mass is 10.1. The summed E-state index contributed by atoms with van der Waals surface area (Å²) < 4.78 is 16.2. The van der Waals surface area contributed by atoms with E-state index in [-0.39, 0.29) is 33.9 Å². The number of rotatable bonds is 5. The summed E-state index contributed by atoms with van der Waals surface area (Å²) in [5.41, 5.74) is 0.976. The van der Waals surface area contributed by atoms with Crippen molar-refractivity contribution in [3.8, 4) is 17.1 Å². The molecule has 5 rings (SSSR count). The molecule has 0 spiro atoms. The van der Waals surface area contributed by atoms with Crippen molar-refractivity contribution < 1.29 is 9.18 Å². The highest BCUT2D eigenvalue weighted by molar-refractivity contribution is 6.33. The molecule has 1 aromatic carbocycles. The largest absolute Gasteiger partial charge is 0.357 e. The van der Waals surface area contributed by atoms with Crippen LogP contribution in [-0.2, 0) is 11.2 Å². The zero-order valence-electron chi connectivity index (χ0n) is 21.1. The number of benzene rings is 1. The van der Waals surface area contributed by atoms with E-state index in [2.05, 4.69) is 16.5 Å². The normalized spacial score (nSPS) is 15.6. The second-order valence-electron chi connectivity index (χ2n) is 9.09. The van der Waals surface area contributed by atoms with E-state index in [1.54, 1.807) is 41.4 Å². The molecule has 1 saturated heterocycles. The number of halogens is 2. The van der Waals surface area contributed by atoms with Gasteiger partial charge in [-0.1, -0.05) is 43.3 Å². The quantitative estimate of drug-likeness (QED) is 0.354. The molecular formula is C28H26ClFN6O2. The maximum atomic E-state index is 14.8. The molecule has 0 bridgehead atoms. The maximum absolute atomic E-state index is 14.8. The maximum Gasteiger partial charge on any atom is 0.357 e. The number of nitrogens with zero attached hydrogens (tertiary/aromatic N) is 6. The number of pyridine rings is 2. The topological polar surface area (TPSA) is 84.2 Å². The fraction of sp³-hybridized carbons (Fsp3) is 0.250. The summed E-state index contributed by atoms with van der Waals surface area (Å²) in [6.07, 6.45) is 3.53. The van der Waals surface area contributed by atoms with Crippen molar-refractivity contribution in [1.29, 1.82) is 0 Å². The predicted octanol–water partition coefficient (Wildman–Crippen LogP) is 4.42. The lowest BCUT2D eigenvalue weighted by molar-refractivity contribution is -0.126. The highest BCUT2D eigenvalue weighted by Crippen LogP contribution is 2.35. The molecule has 0 N–H and O–H groups in total. The molecule has 0 saturated carbocycles. The third-order valence-corrected chi connectivity index (χ3v) is 7.06. The van der Waals surface area contributed by atoms with E-state index in [1.165, 1.54) is 16.7 Å². The van der Waals surface area contributed by atoms with Gasteiger partial charge in [0.25, 0.3) is 0 Å². The molecule has 38 heavy (non-hydrogen) atoms. The molecule has 1 atom stereocenters. The van der Waals surface area contributed by atoms with Crippen LogP contribution in [0, 0.1) is 5.82 Å². The van der Waals surface area contributed by atoms with E-state index in [9.17, 15) is 14.0 Å². The van der Waals surface area contributed by atoms with Crippen LogP contribution in [0.2, 0.25) is 5.02 Å². The Morgan fingerprint density at radius 2 is 1.97 bits per heavy atom. The summed E-state index contributed by atoms with van der Waals surface area (Å²) in [5, 5.41) is 0.749. The summed E-state index contributed by atoms with van der Waals surface area (Å²) in [6, 6.07) is 11.4. The monoisotopic (exact) mass is 532 g/mol. The zero-order chi connectivity index (χ0) is 27.0. The predicted molar refractivity (Wildman–Crippen MR) is 146 cm³/mol. The van der Waals surface area contributed by atoms with Crippen molar-refractivity contribution in [2.75, 3.05) is 24.5 Å². The first-order valence-electron chi connectivity index (χ1n) is 12.3. The van der Waals surface area contributed by atoms with Gasteiger partial charge in [0.15, 0.2) is 5.65 Å². The van der Waals surface area contributed by atoms with Crippen LogP contribution in [0.25, 0.3) is 28.1 Å². The van der Waals surface area contributed by atoms with Gasteiger partial charge in [0.05, 0.1) is 16.1 Å². The molecule has 1 aliphatic rings. The number of hydrogen-bond donors (Lipinski definition) is 0. The number of carbonyl (C=O) groups is 1. The molecule has 10 heteroatoms. The number of fused-ring (bicyclic) bond motifs is 1. The average molecular weight is 533 g/mol. The minimum absolute atomic E-state index is 0.147. The molecule has 1 aliphatic heterocycles. The molecule has 0 aliphatic carbocycles. The highest BCUT2D eigenvalue weighted by atomic mass is 35.5. The van der Waals surface area contributed by atoms with Crippen molar-refractivity contribution in [3.63, 3.8) is 0 Å². The molecule has 3 aromatic heterocycles. The number of anilines is 1. The Balaban J connectivity index is 1.77. The molecule has 4 aromatic rings. The Morgan fingerprint density at radius 1 is 1.18 bits per heavy atom. The van der Waals surface area contributed by atoms with Gasteiger partial charge in [-0.15, -0.1) is 0 Å². The van der Waals surface area contributed by atoms with Gasteiger partial charge in [-0.25, -0.2) is 23.7 Å². The molecule has 4 heterocycles. The summed E-state index contributed by atoms with van der Waals surface area (Å²) in [6.45, 7) is 8.82. The van der Waals surface area contributed by atoms with Crippen LogP contribution >= 0.6 is 11.6 Å². The Morgan fingerprint density at radius 3 is 2.68 bits per heavy atom. The number of hydrogen-bond acceptors (Lipinski definition) is 6. The Kier molecular flexibility index (Phi) is 6.94. The fourth-order valence-electron chi connectivity index (χ4n) is 4.87. The lowest BCUT2D eigenvalue weighted by Crippen LogP contribution is -2.54. The van der Waals surface area contributed by atoms with Crippen LogP contribution in [0.3, 0.4) is 0 Å². The Bertz CT molecular complexity index is 1620. The standard InChI is InChI=1S/C28H26ClFN6O2/c1-4-18-9-8-12-31-25(18)36-27-20(15-21(29)24(32-27)19-10-6-7-11-22(19)30)26(33-28(36)38)35-14-13-34(16-17(35)3)23(37)5-2/h5-12,15,17H,2,4,13-14,16H2,1,3H3/t17-/m0/s1. The zero-order valence-corrected chi connectivity index (χ0v) is 21.8. The van der Waals surface area contributed by atoms with Crippen molar-refractivity contribution in [3.05, 3.63) is 88.2 Å². The first-order valence-corrected chi connectivity index (χ1v) is 12.7. The summed E-state index contributed by atoms with van der Waals surface area (Å²) in [4.78, 5) is 43.2. The SMILES string of the molecule is C=CC(=O)N1CCN(c2nc(=O)n(-c3ncccc3CC)c3nc(-c4ccccc4F)c(Cl)cc23)[C@@H](C)C1. The van der Waals surface area contributed by atoms with Crippen molar-refractivity contribution in [1.82, 2.24) is 24.4 Å². The Labute approximate surface area is 224 Å². The van der Waals surface area contributed by atoms with Gasteiger partial charge in [0.1, 0.15) is 17.5 Å². The number of aryl methyl sites for hydroxylation is 1. The number of piperazine rings is 1. The van der Waals surface area contributed by atoms with Crippen LogP contribution in [0.4, 0.5) is 10.2 Å². The first-order chi connectivity index (χ1) is 18.3. The van der Waals surface area contributed by atoms with Gasteiger partial charge in [-0.2, -0.15) is 4.98 Å². The van der Waals surface area contributed by atoms with E-state index >= 15 is 0 Å². The van der Waals surface area contributed by atoms with Gasteiger partial charge in [0.2, 0.25) is 5.91 Å². The summed E-state index contributed by atoms with van der Waals surface area (Å²) in [7, 11) is 0. The van der Waals surface area contributed by atoms with Gasteiger partial charge in [-0.05, 0) is 49.2 Å². The third kappa shape index (κ3) is 4.43. The second-order valence-corrected chi connectivity index (χ2v) is 9.50. The van der Waals surface area contributed by atoms with E-state index < -0.39 is 11.5 Å². The molecule has 1 amide bonds. The van der Waals surface area contributed by atoms with Crippen molar-refractivity contribution in [2.45, 2.75) is 26.3 Å². The summed E-state index contributed by atoms with van der Waals surface area (Å²) >= 11 is 6.69. The molecule has 1 fully saturated rings. The first kappa shape index (κ1) is 25.5. The van der Waals surface area contributed by atoms with Crippen LogP contribution < -0.4 is 10.6 Å². The van der Waals surface area contributed by atoms with Crippen molar-refractivity contribution in [2.24, 2.45) is 0 Å². The molecule has 194 valence electrons.